The van der Waals surface area contributed by atoms with Crippen LogP contribution in [0.2, 0.25) is 0 Å². The molecule has 5 heteroatoms. The first kappa shape index (κ1) is 20.3. The number of primary amides is 1. The van der Waals surface area contributed by atoms with Gasteiger partial charge in [0.05, 0.1) is 6.10 Å². The van der Waals surface area contributed by atoms with Crippen molar-refractivity contribution in [1.82, 2.24) is 9.80 Å². The number of likely N-dealkylation sites (tertiary alicyclic amines) is 2. The monoisotopic (exact) mass is 301 g/mol. The third kappa shape index (κ3) is 9.06. The minimum Gasteiger partial charge on any atom is -0.393 e. The van der Waals surface area contributed by atoms with E-state index >= 15 is 0 Å². The molecule has 0 aliphatic carbocycles. The van der Waals surface area contributed by atoms with Gasteiger partial charge in [0.1, 0.15) is 0 Å². The summed E-state index contributed by atoms with van der Waals surface area (Å²) in [5, 5.41) is 9.00. The fourth-order valence-electron chi connectivity index (χ4n) is 2.53. The number of amides is 1. The Balaban J connectivity index is 0.000000354. The van der Waals surface area contributed by atoms with Crippen LogP contribution < -0.4 is 5.73 Å². The van der Waals surface area contributed by atoms with Crippen molar-refractivity contribution in [2.24, 2.45) is 11.7 Å². The maximum Gasteiger partial charge on any atom is 0.220 e. The number of hydrogen-bond donors (Lipinski definition) is 2. The van der Waals surface area contributed by atoms with Crippen molar-refractivity contribution in [2.45, 2.75) is 52.6 Å². The summed E-state index contributed by atoms with van der Waals surface area (Å²) in [6.45, 7) is 11.4. The van der Waals surface area contributed by atoms with Gasteiger partial charge in [-0.05, 0) is 52.4 Å². The summed E-state index contributed by atoms with van der Waals surface area (Å²) in [6.07, 6.45) is 3.78. The topological polar surface area (TPSA) is 69.8 Å². The van der Waals surface area contributed by atoms with Gasteiger partial charge in [-0.2, -0.15) is 0 Å². The summed E-state index contributed by atoms with van der Waals surface area (Å²) >= 11 is 0. The highest BCUT2D eigenvalue weighted by Gasteiger charge is 2.21. The van der Waals surface area contributed by atoms with Gasteiger partial charge >= 0.3 is 0 Å². The lowest BCUT2D eigenvalue weighted by Gasteiger charge is -2.29. The van der Waals surface area contributed by atoms with Crippen LogP contribution in [0.3, 0.4) is 0 Å². The summed E-state index contributed by atoms with van der Waals surface area (Å²) in [4.78, 5) is 15.3. The first-order chi connectivity index (χ1) is 10.0. The van der Waals surface area contributed by atoms with Gasteiger partial charge in [-0.15, -0.1) is 0 Å². The largest absolute Gasteiger partial charge is 0.393 e. The minimum atomic E-state index is -0.124. The Labute approximate surface area is 130 Å². The van der Waals surface area contributed by atoms with Crippen LogP contribution in [0.5, 0.6) is 0 Å². The number of aliphatic hydroxyl groups is 1. The predicted molar refractivity (Wildman–Crippen MR) is 88.1 cm³/mol. The normalized spacial score (nSPS) is 21.8. The van der Waals surface area contributed by atoms with Crippen molar-refractivity contribution >= 4 is 5.91 Å². The number of nitrogens with zero attached hydrogens (tertiary/aromatic N) is 2. The molecule has 0 bridgehead atoms. The Hall–Kier alpha value is -0.650. The van der Waals surface area contributed by atoms with Crippen LogP contribution in [0.25, 0.3) is 0 Å². The van der Waals surface area contributed by atoms with Gasteiger partial charge in [0.2, 0.25) is 5.91 Å². The van der Waals surface area contributed by atoms with Crippen LogP contribution in [0.4, 0.5) is 0 Å². The second kappa shape index (κ2) is 12.0. The molecule has 2 aliphatic heterocycles. The Kier molecular flexibility index (Phi) is 11.6. The quantitative estimate of drug-likeness (QED) is 0.806. The number of nitrogens with two attached hydrogens (primary N) is 1. The molecule has 5 nitrogen and oxygen atoms in total. The molecule has 2 aliphatic rings. The van der Waals surface area contributed by atoms with Crippen molar-refractivity contribution < 1.29 is 9.90 Å². The molecule has 1 amide bonds. The van der Waals surface area contributed by atoms with E-state index in [1.807, 2.05) is 13.8 Å². The molecule has 0 atom stereocenters. The lowest BCUT2D eigenvalue weighted by Crippen LogP contribution is -2.38. The molecular weight excluding hydrogens is 266 g/mol. The van der Waals surface area contributed by atoms with Gasteiger partial charge in [0, 0.05) is 19.0 Å². The number of piperidine rings is 2. The zero-order chi connectivity index (χ0) is 16.3. The van der Waals surface area contributed by atoms with Crippen LogP contribution in [0.15, 0.2) is 0 Å². The van der Waals surface area contributed by atoms with Gasteiger partial charge in [-0.3, -0.25) is 4.79 Å². The zero-order valence-electron chi connectivity index (χ0n) is 14.3. The van der Waals surface area contributed by atoms with E-state index in [1.54, 1.807) is 0 Å². The smallest absolute Gasteiger partial charge is 0.220 e. The summed E-state index contributed by atoms with van der Waals surface area (Å²) in [6, 6.07) is 0. The van der Waals surface area contributed by atoms with E-state index in [-0.39, 0.29) is 17.9 Å². The van der Waals surface area contributed by atoms with Crippen molar-refractivity contribution in [2.75, 3.05) is 39.8 Å². The van der Waals surface area contributed by atoms with Gasteiger partial charge in [-0.1, -0.05) is 20.8 Å². The summed E-state index contributed by atoms with van der Waals surface area (Å²) in [7, 11) is 2.09. The molecule has 0 aromatic heterocycles. The molecule has 21 heavy (non-hydrogen) atoms. The van der Waals surface area contributed by atoms with Crippen LogP contribution in [-0.4, -0.2) is 66.7 Å². The van der Waals surface area contributed by atoms with E-state index in [9.17, 15) is 4.79 Å². The van der Waals surface area contributed by atoms with E-state index in [1.165, 1.54) is 0 Å². The Morgan fingerprint density at radius 3 is 1.90 bits per heavy atom. The van der Waals surface area contributed by atoms with Crippen LogP contribution in [-0.2, 0) is 4.79 Å². The number of rotatable bonds is 2. The molecule has 0 spiro atoms. The first-order valence-corrected chi connectivity index (χ1v) is 8.41. The maximum atomic E-state index is 10.8. The van der Waals surface area contributed by atoms with Crippen molar-refractivity contribution in [3.05, 3.63) is 0 Å². The van der Waals surface area contributed by atoms with Crippen molar-refractivity contribution in [3.8, 4) is 0 Å². The maximum absolute atomic E-state index is 10.8. The third-order valence-corrected chi connectivity index (χ3v) is 4.13. The molecule has 3 N–H and O–H groups in total. The second-order valence-electron chi connectivity index (χ2n) is 5.65. The van der Waals surface area contributed by atoms with Crippen LogP contribution >= 0.6 is 0 Å². The second-order valence-corrected chi connectivity index (χ2v) is 5.65. The first-order valence-electron chi connectivity index (χ1n) is 8.41. The molecule has 0 aromatic rings. The Morgan fingerprint density at radius 1 is 1.10 bits per heavy atom. The van der Waals surface area contributed by atoms with E-state index in [2.05, 4.69) is 23.8 Å². The van der Waals surface area contributed by atoms with Gasteiger partial charge in [0.25, 0.3) is 0 Å². The fourth-order valence-corrected chi connectivity index (χ4v) is 2.53. The number of carbonyl (C=O) groups excluding carboxylic acids is 1. The standard InChI is InChI=1S/C8H16N2O.C6H13NO.C2H6/c1-2-10-5-3-7(4-6-10)8(9)11;1-7-4-2-6(8)3-5-7;1-2/h7H,2-6H2,1H3,(H2,9,11);6,8H,2-5H2,1H3;1-2H3. The molecular formula is C16H35N3O2. The molecule has 0 radical (unpaired) electrons. The molecule has 0 unspecified atom stereocenters. The third-order valence-electron chi connectivity index (χ3n) is 4.13. The number of aliphatic hydroxyl groups excluding tert-OH is 1. The fraction of sp³-hybridized carbons (Fsp3) is 0.938. The SMILES string of the molecule is CC.CCN1CCC(C(N)=O)CC1.CN1CCC(O)CC1. The average molecular weight is 301 g/mol. The van der Waals surface area contributed by atoms with Crippen molar-refractivity contribution in [1.29, 1.82) is 0 Å². The molecule has 2 fully saturated rings. The van der Waals surface area contributed by atoms with Gasteiger partial charge in [-0.25, -0.2) is 0 Å². The summed E-state index contributed by atoms with van der Waals surface area (Å²) in [5.41, 5.74) is 5.20. The van der Waals surface area contributed by atoms with Crippen LogP contribution in [0.1, 0.15) is 46.5 Å². The molecule has 2 saturated heterocycles. The molecule has 2 heterocycles. The lowest BCUT2D eigenvalue weighted by molar-refractivity contribution is -0.123. The van der Waals surface area contributed by atoms with Crippen LogP contribution in [0, 0.1) is 5.92 Å². The predicted octanol–water partition coefficient (Wildman–Crippen LogP) is 1.30. The number of hydrogen-bond acceptors (Lipinski definition) is 4. The molecule has 2 rings (SSSR count). The van der Waals surface area contributed by atoms with E-state index in [0.717, 1.165) is 58.4 Å². The summed E-state index contributed by atoms with van der Waals surface area (Å²) in [5.74, 6) is 0.0125. The van der Waals surface area contributed by atoms with Crippen molar-refractivity contribution in [3.63, 3.8) is 0 Å². The lowest BCUT2D eigenvalue weighted by atomic mass is 9.96. The van der Waals surface area contributed by atoms with E-state index in [0.29, 0.717) is 0 Å². The molecule has 126 valence electrons. The number of carbonyl (C=O) groups is 1. The molecule has 0 saturated carbocycles. The molecule has 0 aromatic carbocycles. The summed E-state index contributed by atoms with van der Waals surface area (Å²) < 4.78 is 0. The highest BCUT2D eigenvalue weighted by molar-refractivity contribution is 5.76. The van der Waals surface area contributed by atoms with Gasteiger partial charge in [0.15, 0.2) is 0 Å². The average Bonchev–Trinajstić information content (AvgIpc) is 2.53. The van der Waals surface area contributed by atoms with E-state index < -0.39 is 0 Å². The highest BCUT2D eigenvalue weighted by Crippen LogP contribution is 2.15. The Bertz CT molecular complexity index is 248. The highest BCUT2D eigenvalue weighted by atomic mass is 16.3. The minimum absolute atomic E-state index is 0.0220. The van der Waals surface area contributed by atoms with Gasteiger partial charge < -0.3 is 20.6 Å². The zero-order valence-corrected chi connectivity index (χ0v) is 14.3. The van der Waals surface area contributed by atoms with E-state index in [4.69, 9.17) is 10.8 Å². The Morgan fingerprint density at radius 2 is 1.57 bits per heavy atom.